The monoisotopic (exact) mass is 501 g/mol. The van der Waals surface area contributed by atoms with Crippen LogP contribution in [0, 0.1) is 0 Å². The maximum Gasteiger partial charge on any atom is 0.242 e. The van der Waals surface area contributed by atoms with Gasteiger partial charge >= 0.3 is 0 Å². The summed E-state index contributed by atoms with van der Waals surface area (Å²) in [5, 5.41) is 2.94. The standard InChI is InChI=1S/C27H39N3O4S/c1-7-22-15-17-24(18-16-22)30(35(6,33)34)19-11-14-25(31)29(20-23-12-9-8-10-13-23)21(2)26(32)28-27(3,4)5/h8-10,12-13,15-18,21H,7,11,14,19-20H2,1-6H3,(H,28,32). The minimum Gasteiger partial charge on any atom is -0.350 e. The van der Waals surface area contributed by atoms with Gasteiger partial charge in [0.05, 0.1) is 11.9 Å². The zero-order valence-corrected chi connectivity index (χ0v) is 22.6. The number of carbonyl (C=O) groups excluding carboxylic acids is 2. The molecule has 0 radical (unpaired) electrons. The van der Waals surface area contributed by atoms with Crippen molar-refractivity contribution in [2.24, 2.45) is 0 Å². The van der Waals surface area contributed by atoms with Crippen molar-refractivity contribution in [3.05, 3.63) is 65.7 Å². The molecule has 192 valence electrons. The second-order valence-corrected chi connectivity index (χ2v) is 11.8. The van der Waals surface area contributed by atoms with Gasteiger partial charge in [-0.05, 0) is 63.8 Å². The SMILES string of the molecule is CCc1ccc(N(CCCC(=O)N(Cc2ccccc2)C(C)C(=O)NC(C)(C)C)S(C)(=O)=O)cc1. The third kappa shape index (κ3) is 9.02. The van der Waals surface area contributed by atoms with Crippen LogP contribution in [0.15, 0.2) is 54.6 Å². The number of aryl methyl sites for hydroxylation is 1. The summed E-state index contributed by atoms with van der Waals surface area (Å²) < 4.78 is 26.2. The first-order chi connectivity index (χ1) is 16.3. The number of amides is 2. The molecule has 2 amide bonds. The van der Waals surface area contributed by atoms with Gasteiger partial charge in [-0.25, -0.2) is 8.42 Å². The molecular weight excluding hydrogens is 462 g/mol. The summed E-state index contributed by atoms with van der Waals surface area (Å²) in [4.78, 5) is 27.7. The predicted molar refractivity (Wildman–Crippen MR) is 142 cm³/mol. The zero-order chi connectivity index (χ0) is 26.2. The lowest BCUT2D eigenvalue weighted by Crippen LogP contribution is -2.52. The van der Waals surface area contributed by atoms with Crippen LogP contribution >= 0.6 is 0 Å². The van der Waals surface area contributed by atoms with E-state index < -0.39 is 21.6 Å². The van der Waals surface area contributed by atoms with E-state index in [1.54, 1.807) is 24.0 Å². The smallest absolute Gasteiger partial charge is 0.242 e. The first-order valence-corrected chi connectivity index (χ1v) is 13.9. The number of nitrogens with one attached hydrogen (secondary N) is 1. The maximum absolute atomic E-state index is 13.3. The van der Waals surface area contributed by atoms with Crippen LogP contribution in [0.4, 0.5) is 5.69 Å². The first kappa shape index (κ1) is 28.4. The predicted octanol–water partition coefficient (Wildman–Crippen LogP) is 4.13. The van der Waals surface area contributed by atoms with Gasteiger partial charge in [0.15, 0.2) is 0 Å². The van der Waals surface area contributed by atoms with Gasteiger partial charge in [-0.15, -0.1) is 0 Å². The van der Waals surface area contributed by atoms with E-state index >= 15 is 0 Å². The molecule has 8 heteroatoms. The van der Waals surface area contributed by atoms with Gasteiger partial charge in [-0.1, -0.05) is 49.4 Å². The molecule has 1 atom stereocenters. The molecule has 2 rings (SSSR count). The molecule has 7 nitrogen and oxygen atoms in total. The number of anilines is 1. The molecule has 0 aromatic heterocycles. The van der Waals surface area contributed by atoms with Crippen LogP contribution in [0.25, 0.3) is 0 Å². The zero-order valence-electron chi connectivity index (χ0n) is 21.7. The van der Waals surface area contributed by atoms with E-state index in [1.165, 1.54) is 10.6 Å². The van der Waals surface area contributed by atoms with Gasteiger partial charge in [-0.2, -0.15) is 0 Å². The Balaban J connectivity index is 2.15. The van der Waals surface area contributed by atoms with E-state index in [2.05, 4.69) is 5.32 Å². The molecule has 2 aromatic carbocycles. The molecule has 1 unspecified atom stereocenters. The average Bonchev–Trinajstić information content (AvgIpc) is 2.78. The van der Waals surface area contributed by atoms with Crippen LogP contribution in [0.1, 0.15) is 58.6 Å². The van der Waals surface area contributed by atoms with Crippen molar-refractivity contribution in [2.45, 2.75) is 72.0 Å². The number of sulfonamides is 1. The van der Waals surface area contributed by atoms with Gasteiger partial charge in [0, 0.05) is 25.0 Å². The maximum atomic E-state index is 13.3. The second-order valence-electron chi connectivity index (χ2n) is 9.88. The molecule has 0 saturated heterocycles. The summed E-state index contributed by atoms with van der Waals surface area (Å²) in [6.45, 7) is 9.93. The van der Waals surface area contributed by atoms with Crippen LogP contribution in [-0.4, -0.2) is 49.5 Å². The molecule has 0 spiro atoms. The van der Waals surface area contributed by atoms with Crippen LogP contribution < -0.4 is 9.62 Å². The molecule has 0 aliphatic heterocycles. The van der Waals surface area contributed by atoms with E-state index in [0.717, 1.165) is 17.5 Å². The number of nitrogens with zero attached hydrogens (tertiary/aromatic N) is 2. The fourth-order valence-electron chi connectivity index (χ4n) is 3.74. The lowest BCUT2D eigenvalue weighted by atomic mass is 10.1. The van der Waals surface area contributed by atoms with Crippen molar-refractivity contribution >= 4 is 27.5 Å². The molecule has 0 bridgehead atoms. The van der Waals surface area contributed by atoms with E-state index in [4.69, 9.17) is 0 Å². The lowest BCUT2D eigenvalue weighted by molar-refractivity contribution is -0.141. The van der Waals surface area contributed by atoms with E-state index in [1.807, 2.05) is 70.2 Å². The van der Waals surface area contributed by atoms with Crippen molar-refractivity contribution in [3.63, 3.8) is 0 Å². The third-order valence-electron chi connectivity index (χ3n) is 5.65. The molecule has 0 aliphatic rings. The lowest BCUT2D eigenvalue weighted by Gasteiger charge is -2.32. The Hall–Kier alpha value is -2.87. The molecule has 0 fully saturated rings. The number of hydrogen-bond donors (Lipinski definition) is 1. The summed E-state index contributed by atoms with van der Waals surface area (Å²) in [5.74, 6) is -0.421. The Kier molecular flexibility index (Phi) is 9.89. The molecule has 0 heterocycles. The fraction of sp³-hybridized carbons (Fsp3) is 0.481. The Labute approximate surface area is 210 Å². The molecule has 1 N–H and O–H groups in total. The third-order valence-corrected chi connectivity index (χ3v) is 6.84. The number of carbonyl (C=O) groups is 2. The highest BCUT2D eigenvalue weighted by Crippen LogP contribution is 2.20. The molecule has 0 aliphatic carbocycles. The van der Waals surface area contributed by atoms with Gasteiger partial charge in [0.2, 0.25) is 21.8 Å². The Bertz CT molecular complexity index is 1080. The summed E-state index contributed by atoms with van der Waals surface area (Å²) >= 11 is 0. The van der Waals surface area contributed by atoms with Gasteiger partial charge < -0.3 is 10.2 Å². The summed E-state index contributed by atoms with van der Waals surface area (Å²) in [5.41, 5.74) is 2.20. The van der Waals surface area contributed by atoms with Gasteiger partial charge in [0.1, 0.15) is 6.04 Å². The van der Waals surface area contributed by atoms with Crippen LogP contribution in [0.2, 0.25) is 0 Å². The Morgan fingerprint density at radius 3 is 2.09 bits per heavy atom. The number of rotatable bonds is 11. The summed E-state index contributed by atoms with van der Waals surface area (Å²) in [7, 11) is -3.51. The van der Waals surface area contributed by atoms with Crippen molar-refractivity contribution in [1.29, 1.82) is 0 Å². The number of hydrogen-bond acceptors (Lipinski definition) is 4. The fourth-order valence-corrected chi connectivity index (χ4v) is 4.70. The van der Waals surface area contributed by atoms with Crippen LogP contribution in [0.5, 0.6) is 0 Å². The Morgan fingerprint density at radius 1 is 0.971 bits per heavy atom. The minimum absolute atomic E-state index is 0.124. The van der Waals surface area contributed by atoms with E-state index in [9.17, 15) is 18.0 Å². The van der Waals surface area contributed by atoms with E-state index in [0.29, 0.717) is 18.7 Å². The van der Waals surface area contributed by atoms with Gasteiger partial charge in [-0.3, -0.25) is 13.9 Å². The topological polar surface area (TPSA) is 86.8 Å². The minimum atomic E-state index is -3.51. The highest BCUT2D eigenvalue weighted by atomic mass is 32.2. The highest BCUT2D eigenvalue weighted by molar-refractivity contribution is 7.92. The molecule has 2 aromatic rings. The quantitative estimate of drug-likeness (QED) is 0.502. The number of benzene rings is 2. The average molecular weight is 502 g/mol. The van der Waals surface area contributed by atoms with Crippen molar-refractivity contribution in [3.8, 4) is 0 Å². The largest absolute Gasteiger partial charge is 0.350 e. The van der Waals surface area contributed by atoms with Crippen LogP contribution in [-0.2, 0) is 32.6 Å². The second kappa shape index (κ2) is 12.2. The molecule has 0 saturated carbocycles. The summed E-state index contributed by atoms with van der Waals surface area (Å²) in [6.07, 6.45) is 2.49. The van der Waals surface area contributed by atoms with Crippen molar-refractivity contribution in [1.82, 2.24) is 10.2 Å². The van der Waals surface area contributed by atoms with Gasteiger partial charge in [0.25, 0.3) is 0 Å². The molecular formula is C27H39N3O4S. The molecule has 35 heavy (non-hydrogen) atoms. The van der Waals surface area contributed by atoms with Crippen molar-refractivity contribution < 1.29 is 18.0 Å². The highest BCUT2D eigenvalue weighted by Gasteiger charge is 2.28. The normalized spacial score (nSPS) is 12.6. The first-order valence-electron chi connectivity index (χ1n) is 12.0. The Morgan fingerprint density at radius 2 is 1.57 bits per heavy atom. The van der Waals surface area contributed by atoms with E-state index in [-0.39, 0.29) is 24.8 Å². The van der Waals surface area contributed by atoms with Crippen molar-refractivity contribution in [2.75, 3.05) is 17.1 Å². The summed E-state index contributed by atoms with van der Waals surface area (Å²) in [6, 6.07) is 16.3. The van der Waals surface area contributed by atoms with Crippen LogP contribution in [0.3, 0.4) is 0 Å².